The van der Waals surface area contributed by atoms with Crippen LogP contribution in [-0.4, -0.2) is 39.7 Å². The Morgan fingerprint density at radius 3 is 1.69 bits per heavy atom. The van der Waals surface area contributed by atoms with Gasteiger partial charge in [0.15, 0.2) is 6.29 Å². The summed E-state index contributed by atoms with van der Waals surface area (Å²) in [7, 11) is -0.267. The molecule has 0 aliphatic rings. The molecule has 4 rings (SSSR count). The number of hydrogen-bond acceptors (Lipinski definition) is 5. The molecule has 0 N–H and O–H groups in total. The molecule has 0 saturated heterocycles. The summed E-state index contributed by atoms with van der Waals surface area (Å²) in [5.74, 6) is -0.222. The number of nitrogens with zero attached hydrogens (tertiary/aromatic N) is 1. The Labute approximate surface area is 233 Å². The van der Waals surface area contributed by atoms with Crippen molar-refractivity contribution in [2.24, 2.45) is 0 Å². The molecule has 0 amide bonds. The lowest BCUT2D eigenvalue weighted by Crippen LogP contribution is -2.47. The number of likely N-dealkylation sites (N-methyl/N-ethyl adjacent to an activating group) is 1. The van der Waals surface area contributed by atoms with E-state index in [9.17, 15) is 8.42 Å². The molecule has 5 nitrogen and oxygen atoms in total. The number of aryl methyl sites for hydroxylation is 3. The minimum atomic E-state index is -4.13. The average Bonchev–Trinajstić information content (AvgIpc) is 2.90. The van der Waals surface area contributed by atoms with Crippen molar-refractivity contribution in [2.75, 3.05) is 14.1 Å². The highest BCUT2D eigenvalue weighted by Crippen LogP contribution is 2.34. The molecule has 0 spiro atoms. The maximum Gasteiger partial charge on any atom is 0.299 e. The van der Waals surface area contributed by atoms with Gasteiger partial charge < -0.3 is 9.64 Å². The molecule has 39 heavy (non-hydrogen) atoms. The van der Waals surface area contributed by atoms with Gasteiger partial charge in [0, 0.05) is 5.92 Å². The van der Waals surface area contributed by atoms with Crippen LogP contribution in [0.4, 0.5) is 0 Å². The lowest BCUT2D eigenvalue weighted by atomic mass is 9.84. The molecule has 0 saturated carbocycles. The fourth-order valence-corrected chi connectivity index (χ4v) is 6.01. The molecule has 2 atom stereocenters. The summed E-state index contributed by atoms with van der Waals surface area (Å²) < 4.78 is 39.6. The van der Waals surface area contributed by atoms with Gasteiger partial charge in [0.1, 0.15) is 0 Å². The average molecular weight is 544 g/mol. The molecular formula is C33H37NO4S. The lowest BCUT2D eigenvalue weighted by Gasteiger charge is -2.38. The van der Waals surface area contributed by atoms with E-state index in [1.807, 2.05) is 76.2 Å². The van der Waals surface area contributed by atoms with Crippen LogP contribution in [0.25, 0.3) is 0 Å². The summed E-state index contributed by atoms with van der Waals surface area (Å²) in [6.45, 7) is 6.20. The molecule has 0 aromatic heterocycles. The van der Waals surface area contributed by atoms with E-state index in [1.54, 1.807) is 24.3 Å². The van der Waals surface area contributed by atoms with Gasteiger partial charge in [-0.15, -0.1) is 0 Å². The zero-order valence-electron chi connectivity index (χ0n) is 23.2. The first-order valence-corrected chi connectivity index (χ1v) is 14.5. The van der Waals surface area contributed by atoms with Crippen LogP contribution in [0.5, 0.6) is 0 Å². The van der Waals surface area contributed by atoms with Gasteiger partial charge in [-0.1, -0.05) is 108 Å². The number of benzene rings is 4. The van der Waals surface area contributed by atoms with E-state index in [0.29, 0.717) is 0 Å². The van der Waals surface area contributed by atoms with Crippen LogP contribution in [0.1, 0.15) is 39.3 Å². The van der Waals surface area contributed by atoms with Gasteiger partial charge in [0.2, 0.25) is 0 Å². The van der Waals surface area contributed by atoms with Crippen molar-refractivity contribution in [2.45, 2.75) is 50.5 Å². The van der Waals surface area contributed by atoms with Gasteiger partial charge in [0.25, 0.3) is 10.1 Å². The summed E-state index contributed by atoms with van der Waals surface area (Å²) in [4.78, 5) is 2.09. The van der Waals surface area contributed by atoms with Crippen LogP contribution < -0.4 is 0 Å². The Hall–Kier alpha value is -3.29. The van der Waals surface area contributed by atoms with Crippen LogP contribution in [-0.2, 0) is 25.6 Å². The van der Waals surface area contributed by atoms with Crippen molar-refractivity contribution in [1.29, 1.82) is 0 Å². The molecule has 4 aromatic carbocycles. The van der Waals surface area contributed by atoms with Crippen molar-refractivity contribution in [3.8, 4) is 0 Å². The molecule has 0 bridgehead atoms. The second-order valence-electron chi connectivity index (χ2n) is 10.3. The molecule has 0 fully saturated rings. The minimum Gasteiger partial charge on any atom is -0.345 e. The first kappa shape index (κ1) is 28.7. The van der Waals surface area contributed by atoms with Gasteiger partial charge in [0.05, 0.1) is 17.5 Å². The number of hydrogen-bond donors (Lipinski definition) is 0. The van der Waals surface area contributed by atoms with Crippen molar-refractivity contribution >= 4 is 10.1 Å². The lowest BCUT2D eigenvalue weighted by molar-refractivity contribution is -0.128. The highest BCUT2D eigenvalue weighted by Gasteiger charge is 2.38. The molecule has 6 heteroatoms. The Bertz CT molecular complexity index is 1390. The maximum absolute atomic E-state index is 13.6. The zero-order valence-corrected chi connectivity index (χ0v) is 24.1. The minimum absolute atomic E-state index is 0.0987. The third kappa shape index (κ3) is 7.43. The van der Waals surface area contributed by atoms with Crippen molar-refractivity contribution in [1.82, 2.24) is 4.90 Å². The predicted molar refractivity (Wildman–Crippen MR) is 156 cm³/mol. The largest absolute Gasteiger partial charge is 0.345 e. The van der Waals surface area contributed by atoms with Crippen molar-refractivity contribution in [3.05, 3.63) is 137 Å². The normalized spacial score (nSPS) is 13.5. The fraction of sp³-hybridized carbons (Fsp3) is 0.273. The van der Waals surface area contributed by atoms with E-state index in [4.69, 9.17) is 8.92 Å². The molecule has 0 heterocycles. The van der Waals surface area contributed by atoms with Crippen molar-refractivity contribution < 1.29 is 17.3 Å². The zero-order chi connectivity index (χ0) is 28.0. The van der Waals surface area contributed by atoms with Gasteiger partial charge in [-0.05, 0) is 63.7 Å². The van der Waals surface area contributed by atoms with Crippen LogP contribution in [0.3, 0.4) is 0 Å². The fourth-order valence-electron chi connectivity index (χ4n) is 5.01. The van der Waals surface area contributed by atoms with Gasteiger partial charge in [-0.3, -0.25) is 0 Å². The van der Waals surface area contributed by atoms with E-state index < -0.39 is 22.4 Å². The first-order valence-electron chi connectivity index (χ1n) is 13.1. The number of ether oxygens (including phenoxy) is 1. The molecular weight excluding hydrogens is 506 g/mol. The topological polar surface area (TPSA) is 55.8 Å². The van der Waals surface area contributed by atoms with E-state index in [1.165, 1.54) is 0 Å². The Balaban J connectivity index is 1.79. The van der Waals surface area contributed by atoms with Crippen LogP contribution in [0.15, 0.2) is 108 Å². The van der Waals surface area contributed by atoms with E-state index in [2.05, 4.69) is 42.5 Å². The van der Waals surface area contributed by atoms with Gasteiger partial charge in [-0.2, -0.15) is 8.42 Å². The second kappa shape index (κ2) is 12.7. The second-order valence-corrected chi connectivity index (χ2v) is 11.9. The summed E-state index contributed by atoms with van der Waals surface area (Å²) in [6, 6.07) is 32.6. The smallest absolute Gasteiger partial charge is 0.299 e. The van der Waals surface area contributed by atoms with Crippen LogP contribution >= 0.6 is 0 Å². The third-order valence-corrected chi connectivity index (χ3v) is 8.05. The first-order chi connectivity index (χ1) is 18.6. The van der Waals surface area contributed by atoms with Crippen LogP contribution in [0.2, 0.25) is 0 Å². The highest BCUT2D eigenvalue weighted by molar-refractivity contribution is 7.86. The summed E-state index contributed by atoms with van der Waals surface area (Å²) >= 11 is 0. The SMILES string of the molecule is Cc1ccc(S(=O)(=O)OC(OCc2cc(C)cc(C)c2)C(C(c2ccccc2)c2ccccc2)N(C)C)cc1. The molecule has 0 aliphatic carbocycles. The predicted octanol–water partition coefficient (Wildman–Crippen LogP) is 6.62. The number of rotatable bonds is 11. The Morgan fingerprint density at radius 2 is 1.21 bits per heavy atom. The molecule has 0 aliphatic heterocycles. The Morgan fingerprint density at radius 1 is 0.692 bits per heavy atom. The van der Waals surface area contributed by atoms with Gasteiger partial charge in [-0.25, -0.2) is 4.18 Å². The van der Waals surface area contributed by atoms with E-state index in [-0.39, 0.29) is 17.4 Å². The van der Waals surface area contributed by atoms with Crippen molar-refractivity contribution in [3.63, 3.8) is 0 Å². The summed E-state index contributed by atoms with van der Waals surface area (Å²) in [5, 5.41) is 0. The van der Waals surface area contributed by atoms with E-state index >= 15 is 0 Å². The molecule has 4 aromatic rings. The Kier molecular flexibility index (Phi) is 9.36. The molecule has 204 valence electrons. The molecule has 2 unspecified atom stereocenters. The maximum atomic E-state index is 13.6. The quantitative estimate of drug-likeness (QED) is 0.157. The van der Waals surface area contributed by atoms with Gasteiger partial charge >= 0.3 is 0 Å². The van der Waals surface area contributed by atoms with Crippen LogP contribution in [0, 0.1) is 20.8 Å². The highest BCUT2D eigenvalue weighted by atomic mass is 32.2. The summed E-state index contributed by atoms with van der Waals surface area (Å²) in [5.41, 5.74) is 6.25. The molecule has 0 radical (unpaired) electrons. The summed E-state index contributed by atoms with van der Waals surface area (Å²) in [6.07, 6.45) is -1.10. The third-order valence-electron chi connectivity index (χ3n) is 6.76. The standard InChI is InChI=1S/C33H37NO4S/c1-24-16-18-30(19-17-24)39(35,36)38-33(37-23-27-21-25(2)20-26(3)22-27)32(34(4)5)31(28-12-8-6-9-13-28)29-14-10-7-11-15-29/h6-22,31-33H,23H2,1-5H3. The van der Waals surface area contributed by atoms with E-state index in [0.717, 1.165) is 33.4 Å². The monoisotopic (exact) mass is 543 g/mol.